The number of nitrogens with two attached hydrogens (primary N) is 1. The summed E-state index contributed by atoms with van der Waals surface area (Å²) in [6.45, 7) is 8.42. The van der Waals surface area contributed by atoms with E-state index in [1.165, 1.54) is 6.07 Å². The van der Waals surface area contributed by atoms with Gasteiger partial charge in [-0.3, -0.25) is 0 Å². The number of rotatable bonds is 3. The van der Waals surface area contributed by atoms with Crippen LogP contribution in [0, 0.1) is 23.0 Å². The minimum Gasteiger partial charge on any atom is -0.324 e. The minimum atomic E-state index is -0.484. The first kappa shape index (κ1) is 15.6. The molecule has 1 aromatic carbocycles. The predicted octanol–water partition coefficient (Wildman–Crippen LogP) is 4.80. The van der Waals surface area contributed by atoms with E-state index in [9.17, 15) is 8.78 Å². The van der Waals surface area contributed by atoms with Crippen molar-refractivity contribution in [3.05, 3.63) is 33.8 Å². The lowest BCUT2D eigenvalue weighted by Crippen LogP contribution is -2.24. The Hall–Kier alpha value is -0.480. The molecule has 1 nitrogen and oxygen atoms in total. The zero-order chi connectivity index (χ0) is 14.1. The molecule has 0 saturated heterocycles. The first-order valence-corrected chi connectivity index (χ1v) is 6.82. The predicted molar refractivity (Wildman–Crippen MR) is 74.2 cm³/mol. The summed E-state index contributed by atoms with van der Waals surface area (Å²) in [4.78, 5) is 0. The van der Waals surface area contributed by atoms with Crippen LogP contribution in [0.5, 0.6) is 0 Å². The zero-order valence-corrected chi connectivity index (χ0v) is 12.8. The van der Waals surface area contributed by atoms with Gasteiger partial charge >= 0.3 is 0 Å². The maximum absolute atomic E-state index is 13.8. The number of hydrogen-bond donors (Lipinski definition) is 1. The maximum Gasteiger partial charge on any atom is 0.137 e. The fourth-order valence-electron chi connectivity index (χ4n) is 1.68. The molecule has 0 bridgehead atoms. The summed E-state index contributed by atoms with van der Waals surface area (Å²) < 4.78 is 27.3. The van der Waals surface area contributed by atoms with E-state index in [-0.39, 0.29) is 15.5 Å². The van der Waals surface area contributed by atoms with Crippen molar-refractivity contribution < 1.29 is 8.78 Å². The Morgan fingerprint density at radius 1 is 1.22 bits per heavy atom. The molecule has 2 atom stereocenters. The van der Waals surface area contributed by atoms with Crippen molar-refractivity contribution >= 4 is 15.9 Å². The molecule has 0 amide bonds. The summed E-state index contributed by atoms with van der Waals surface area (Å²) in [6, 6.07) is 1.83. The van der Waals surface area contributed by atoms with Gasteiger partial charge in [0.25, 0.3) is 0 Å². The third-order valence-electron chi connectivity index (χ3n) is 3.52. The van der Waals surface area contributed by atoms with Gasteiger partial charge in [-0.05, 0) is 45.8 Å². The number of hydrogen-bond acceptors (Lipinski definition) is 1. The third-order valence-corrected chi connectivity index (χ3v) is 4.13. The molecule has 0 aliphatic rings. The van der Waals surface area contributed by atoms with E-state index in [2.05, 4.69) is 43.6 Å². The van der Waals surface area contributed by atoms with Crippen molar-refractivity contribution in [2.75, 3.05) is 0 Å². The summed E-state index contributed by atoms with van der Waals surface area (Å²) in [5.41, 5.74) is 6.33. The van der Waals surface area contributed by atoms with E-state index < -0.39 is 17.7 Å². The molecule has 0 saturated carbocycles. The number of benzene rings is 1. The lowest BCUT2D eigenvalue weighted by Gasteiger charge is -2.29. The highest BCUT2D eigenvalue weighted by Gasteiger charge is 2.24. The van der Waals surface area contributed by atoms with E-state index in [0.717, 1.165) is 6.07 Å². The fraction of sp³-hybridized carbons (Fsp3) is 0.571. The topological polar surface area (TPSA) is 26.0 Å². The molecule has 102 valence electrons. The Kier molecular flexibility index (Phi) is 4.90. The summed E-state index contributed by atoms with van der Waals surface area (Å²) >= 11 is 2.96. The standard InChI is InChI=1S/C14H20BrF2N/c1-8(14(2,3)4)5-13(18)9-6-12(17)10(15)7-11(9)16/h6-8,13H,5,18H2,1-4H3. The highest BCUT2D eigenvalue weighted by atomic mass is 79.9. The highest BCUT2D eigenvalue weighted by molar-refractivity contribution is 9.10. The molecule has 0 fully saturated rings. The van der Waals surface area contributed by atoms with Gasteiger partial charge in [0, 0.05) is 11.6 Å². The van der Waals surface area contributed by atoms with Crippen LogP contribution in [0.15, 0.2) is 16.6 Å². The molecule has 2 unspecified atom stereocenters. The van der Waals surface area contributed by atoms with Crippen LogP contribution >= 0.6 is 15.9 Å². The molecule has 0 aliphatic carbocycles. The zero-order valence-electron chi connectivity index (χ0n) is 11.2. The summed E-state index contributed by atoms with van der Waals surface area (Å²) in [6.07, 6.45) is 0.626. The van der Waals surface area contributed by atoms with Crippen LogP contribution in [0.25, 0.3) is 0 Å². The van der Waals surface area contributed by atoms with Gasteiger partial charge in [0.1, 0.15) is 11.6 Å². The molecule has 0 aliphatic heterocycles. The maximum atomic E-state index is 13.8. The second-order valence-electron chi connectivity index (χ2n) is 5.90. The smallest absolute Gasteiger partial charge is 0.137 e. The lowest BCUT2D eigenvalue weighted by atomic mass is 9.78. The number of halogens is 3. The Balaban J connectivity index is 2.91. The van der Waals surface area contributed by atoms with Gasteiger partial charge < -0.3 is 5.73 Å². The van der Waals surface area contributed by atoms with Crippen LogP contribution in [-0.2, 0) is 0 Å². The minimum absolute atomic E-state index is 0.0992. The lowest BCUT2D eigenvalue weighted by molar-refractivity contribution is 0.232. The van der Waals surface area contributed by atoms with Crippen LogP contribution in [-0.4, -0.2) is 0 Å². The van der Waals surface area contributed by atoms with Gasteiger partial charge in [-0.2, -0.15) is 0 Å². The van der Waals surface area contributed by atoms with Gasteiger partial charge in [0.2, 0.25) is 0 Å². The van der Waals surface area contributed by atoms with Crippen molar-refractivity contribution in [3.63, 3.8) is 0 Å². The van der Waals surface area contributed by atoms with Gasteiger partial charge in [0.05, 0.1) is 4.47 Å². The Labute approximate surface area is 116 Å². The first-order valence-electron chi connectivity index (χ1n) is 6.03. The van der Waals surface area contributed by atoms with Crippen molar-refractivity contribution in [1.29, 1.82) is 0 Å². The molecule has 1 rings (SSSR count). The second-order valence-corrected chi connectivity index (χ2v) is 6.75. The van der Waals surface area contributed by atoms with E-state index in [4.69, 9.17) is 5.73 Å². The fourth-order valence-corrected chi connectivity index (χ4v) is 2.00. The van der Waals surface area contributed by atoms with Crippen LogP contribution in [0.4, 0.5) is 8.78 Å². The van der Waals surface area contributed by atoms with E-state index >= 15 is 0 Å². The molecule has 0 spiro atoms. The molecule has 18 heavy (non-hydrogen) atoms. The summed E-state index contributed by atoms with van der Waals surface area (Å²) in [7, 11) is 0. The molecule has 4 heteroatoms. The molecule has 1 aromatic rings. The molecular weight excluding hydrogens is 300 g/mol. The Morgan fingerprint density at radius 3 is 2.28 bits per heavy atom. The average molecular weight is 320 g/mol. The van der Waals surface area contributed by atoms with E-state index in [0.29, 0.717) is 12.3 Å². The van der Waals surface area contributed by atoms with Gasteiger partial charge in [-0.15, -0.1) is 0 Å². The van der Waals surface area contributed by atoms with Crippen molar-refractivity contribution in [3.8, 4) is 0 Å². The molecular formula is C14H20BrF2N. The van der Waals surface area contributed by atoms with Crippen molar-refractivity contribution in [1.82, 2.24) is 0 Å². The Bertz CT molecular complexity index is 427. The second kappa shape index (κ2) is 5.66. The molecule has 0 radical (unpaired) electrons. The normalized spacial score (nSPS) is 15.6. The van der Waals surface area contributed by atoms with Gasteiger partial charge in [-0.25, -0.2) is 8.78 Å². The van der Waals surface area contributed by atoms with Crippen LogP contribution in [0.3, 0.4) is 0 Å². The van der Waals surface area contributed by atoms with Crippen LogP contribution in [0.2, 0.25) is 0 Å². The van der Waals surface area contributed by atoms with Crippen molar-refractivity contribution in [2.24, 2.45) is 17.1 Å². The quantitative estimate of drug-likeness (QED) is 0.796. The summed E-state index contributed by atoms with van der Waals surface area (Å²) in [5.74, 6) is -0.624. The monoisotopic (exact) mass is 319 g/mol. The van der Waals surface area contributed by atoms with Crippen LogP contribution < -0.4 is 5.73 Å². The van der Waals surface area contributed by atoms with Crippen molar-refractivity contribution in [2.45, 2.75) is 40.2 Å². The van der Waals surface area contributed by atoms with E-state index in [1.807, 2.05) is 0 Å². The summed E-state index contributed by atoms with van der Waals surface area (Å²) in [5, 5.41) is 0. The third kappa shape index (κ3) is 3.75. The SMILES string of the molecule is CC(CC(N)c1cc(F)c(Br)cc1F)C(C)(C)C. The highest BCUT2D eigenvalue weighted by Crippen LogP contribution is 2.33. The average Bonchev–Trinajstić information content (AvgIpc) is 2.21. The van der Waals surface area contributed by atoms with Crippen LogP contribution in [0.1, 0.15) is 45.7 Å². The Morgan fingerprint density at radius 2 is 1.78 bits per heavy atom. The molecule has 0 heterocycles. The largest absolute Gasteiger partial charge is 0.324 e. The van der Waals surface area contributed by atoms with Gasteiger partial charge in [0.15, 0.2) is 0 Å². The first-order chi connectivity index (χ1) is 8.12. The van der Waals surface area contributed by atoms with Gasteiger partial charge in [-0.1, -0.05) is 27.7 Å². The van der Waals surface area contributed by atoms with E-state index in [1.54, 1.807) is 0 Å². The molecule has 0 aromatic heterocycles. The molecule has 2 N–H and O–H groups in total.